The lowest BCUT2D eigenvalue weighted by Crippen LogP contribution is -2.57. The molecule has 7 N–H and O–H groups in total. The summed E-state index contributed by atoms with van der Waals surface area (Å²) in [6, 6.07) is 12.2. The van der Waals surface area contributed by atoms with Crippen molar-refractivity contribution in [2.24, 2.45) is 11.7 Å². The first-order chi connectivity index (χ1) is 18.8. The Bertz CT molecular complexity index is 1280. The standard InChI is InChI=1S/C30H34N4O5/c1-19(36)27(30(39)33-26(15-16-31)29(38)32-2)34-28(37)23-13-9-21(10-14-23)6-4-3-5-20-7-11-22(12-8-20)25-17-24(25)18-35/h7-14,19,24-27,35-36H,15-18,31H2,1-2H3,(H,32,38)(H,33,39)(H,34,37)/t19?,24-,25-,26?,27?/m0/s1. The van der Waals surface area contributed by atoms with Gasteiger partial charge in [0.15, 0.2) is 0 Å². The maximum atomic E-state index is 12.7. The van der Waals surface area contributed by atoms with Gasteiger partial charge < -0.3 is 31.9 Å². The quantitative estimate of drug-likeness (QED) is 0.242. The van der Waals surface area contributed by atoms with E-state index < -0.39 is 35.9 Å². The summed E-state index contributed by atoms with van der Waals surface area (Å²) in [6.07, 6.45) is 0.0268. The van der Waals surface area contributed by atoms with Gasteiger partial charge in [0.25, 0.3) is 5.91 Å². The van der Waals surface area contributed by atoms with Crippen LogP contribution in [0.3, 0.4) is 0 Å². The molecule has 9 nitrogen and oxygen atoms in total. The van der Waals surface area contributed by atoms with Gasteiger partial charge in [-0.2, -0.15) is 0 Å². The highest BCUT2D eigenvalue weighted by Gasteiger charge is 2.37. The Balaban J connectivity index is 1.58. The maximum Gasteiger partial charge on any atom is 0.252 e. The van der Waals surface area contributed by atoms with Crippen molar-refractivity contribution >= 4 is 17.7 Å². The van der Waals surface area contributed by atoms with Gasteiger partial charge in [-0.1, -0.05) is 24.0 Å². The highest BCUT2D eigenvalue weighted by Crippen LogP contribution is 2.46. The van der Waals surface area contributed by atoms with E-state index in [4.69, 9.17) is 5.73 Å². The third-order valence-electron chi connectivity index (χ3n) is 6.51. The fourth-order valence-corrected chi connectivity index (χ4v) is 4.08. The van der Waals surface area contributed by atoms with Gasteiger partial charge in [0.05, 0.1) is 6.10 Å². The van der Waals surface area contributed by atoms with Crippen molar-refractivity contribution in [1.82, 2.24) is 16.0 Å². The van der Waals surface area contributed by atoms with E-state index in [9.17, 15) is 24.6 Å². The van der Waals surface area contributed by atoms with Crippen molar-refractivity contribution in [2.45, 2.75) is 43.9 Å². The third-order valence-corrected chi connectivity index (χ3v) is 6.51. The van der Waals surface area contributed by atoms with Crippen LogP contribution in [0.4, 0.5) is 0 Å². The van der Waals surface area contributed by atoms with E-state index in [0.29, 0.717) is 17.4 Å². The molecule has 0 radical (unpaired) electrons. The minimum Gasteiger partial charge on any atom is -0.396 e. The second-order valence-corrected chi connectivity index (χ2v) is 9.43. The lowest BCUT2D eigenvalue weighted by Gasteiger charge is -2.24. The molecule has 0 heterocycles. The summed E-state index contributed by atoms with van der Waals surface area (Å²) in [6.45, 7) is 1.77. The lowest BCUT2D eigenvalue weighted by atomic mass is 10.1. The van der Waals surface area contributed by atoms with Crippen LogP contribution in [0.25, 0.3) is 0 Å². The molecule has 0 saturated heterocycles. The van der Waals surface area contributed by atoms with Crippen LogP contribution < -0.4 is 21.7 Å². The van der Waals surface area contributed by atoms with Crippen molar-refractivity contribution in [2.75, 3.05) is 20.2 Å². The lowest BCUT2D eigenvalue weighted by molar-refractivity contribution is -0.131. The van der Waals surface area contributed by atoms with Crippen molar-refractivity contribution < 1.29 is 24.6 Å². The van der Waals surface area contributed by atoms with E-state index in [1.54, 1.807) is 24.3 Å². The third kappa shape index (κ3) is 8.42. The highest BCUT2D eigenvalue weighted by atomic mass is 16.3. The van der Waals surface area contributed by atoms with Gasteiger partial charge >= 0.3 is 0 Å². The molecular weight excluding hydrogens is 496 g/mol. The molecule has 1 fully saturated rings. The molecule has 39 heavy (non-hydrogen) atoms. The van der Waals surface area contributed by atoms with Crippen LogP contribution in [-0.4, -0.2) is 66.3 Å². The first-order valence-electron chi connectivity index (χ1n) is 12.8. The fraction of sp³-hybridized carbons (Fsp3) is 0.367. The van der Waals surface area contributed by atoms with Gasteiger partial charge in [0, 0.05) is 30.3 Å². The van der Waals surface area contributed by atoms with Crippen molar-refractivity contribution in [3.05, 3.63) is 70.8 Å². The van der Waals surface area contributed by atoms with Gasteiger partial charge in [-0.25, -0.2) is 0 Å². The van der Waals surface area contributed by atoms with Crippen molar-refractivity contribution in [3.8, 4) is 23.7 Å². The van der Waals surface area contributed by atoms with E-state index in [2.05, 4.69) is 39.6 Å². The van der Waals surface area contributed by atoms with Gasteiger partial charge in [-0.05, 0) is 91.9 Å². The summed E-state index contributed by atoms with van der Waals surface area (Å²) < 4.78 is 0. The molecule has 0 aliphatic heterocycles. The number of benzene rings is 2. The van der Waals surface area contributed by atoms with Crippen LogP contribution in [0.15, 0.2) is 48.5 Å². The molecule has 1 aliphatic rings. The minimum absolute atomic E-state index is 0.171. The Kier molecular flexibility index (Phi) is 10.7. The Labute approximate surface area is 228 Å². The van der Waals surface area contributed by atoms with Crippen LogP contribution in [0, 0.1) is 29.6 Å². The molecule has 204 valence electrons. The zero-order valence-corrected chi connectivity index (χ0v) is 22.0. The summed E-state index contributed by atoms with van der Waals surface area (Å²) in [5.41, 5.74) is 8.51. The van der Waals surface area contributed by atoms with Crippen LogP contribution in [-0.2, 0) is 9.59 Å². The molecule has 9 heteroatoms. The number of hydrogen-bond acceptors (Lipinski definition) is 6. The topological polar surface area (TPSA) is 154 Å². The maximum absolute atomic E-state index is 12.7. The number of carbonyl (C=O) groups excluding carboxylic acids is 3. The normalized spacial score (nSPS) is 17.7. The predicted octanol–water partition coefficient (Wildman–Crippen LogP) is 0.244. The van der Waals surface area contributed by atoms with Crippen LogP contribution in [0.1, 0.15) is 52.7 Å². The molecular formula is C30H34N4O5. The number of nitrogens with one attached hydrogen (secondary N) is 3. The molecule has 2 aromatic carbocycles. The Morgan fingerprint density at radius 2 is 1.56 bits per heavy atom. The summed E-state index contributed by atoms with van der Waals surface area (Å²) in [7, 11) is 1.44. The molecule has 3 amide bonds. The number of likely N-dealkylation sites (N-methyl/N-ethyl adjacent to an activating group) is 1. The van der Waals surface area contributed by atoms with Gasteiger partial charge in [0.1, 0.15) is 12.1 Å². The number of amides is 3. The molecule has 2 aromatic rings. The number of nitrogens with two attached hydrogens (primary N) is 1. The summed E-state index contributed by atoms with van der Waals surface area (Å²) in [5.74, 6) is 10.7. The SMILES string of the molecule is CNC(=O)C(CCN)NC(=O)C(NC(=O)c1ccc(C#CC#Cc2ccc([C@@H]3C[C@H]3CO)cc2)cc1)C(C)O. The number of carbonyl (C=O) groups is 3. The van der Waals surface area contributed by atoms with Gasteiger partial charge in [0.2, 0.25) is 11.8 Å². The number of aliphatic hydroxyl groups excluding tert-OH is 2. The summed E-state index contributed by atoms with van der Waals surface area (Å²) in [5, 5.41) is 26.8. The van der Waals surface area contributed by atoms with E-state index in [1.807, 2.05) is 24.3 Å². The Hall–Kier alpha value is -4.15. The number of aliphatic hydroxyl groups is 2. The van der Waals surface area contributed by atoms with Crippen LogP contribution in [0.5, 0.6) is 0 Å². The molecule has 3 rings (SSSR count). The zero-order chi connectivity index (χ0) is 28.4. The molecule has 0 spiro atoms. The Morgan fingerprint density at radius 1 is 0.974 bits per heavy atom. The average Bonchev–Trinajstić information content (AvgIpc) is 3.73. The zero-order valence-electron chi connectivity index (χ0n) is 22.0. The first kappa shape index (κ1) is 29.4. The van der Waals surface area contributed by atoms with Gasteiger partial charge in [-0.15, -0.1) is 0 Å². The van der Waals surface area contributed by atoms with E-state index in [0.717, 1.165) is 12.0 Å². The van der Waals surface area contributed by atoms with Gasteiger partial charge in [-0.3, -0.25) is 14.4 Å². The van der Waals surface area contributed by atoms with E-state index >= 15 is 0 Å². The fourth-order valence-electron chi connectivity index (χ4n) is 4.08. The first-order valence-corrected chi connectivity index (χ1v) is 12.8. The minimum atomic E-state index is -1.27. The van der Waals surface area contributed by atoms with Crippen LogP contribution >= 0.6 is 0 Å². The molecule has 3 unspecified atom stereocenters. The van der Waals surface area contributed by atoms with Crippen molar-refractivity contribution in [3.63, 3.8) is 0 Å². The second kappa shape index (κ2) is 14.1. The second-order valence-electron chi connectivity index (χ2n) is 9.43. The van der Waals surface area contributed by atoms with E-state index in [1.165, 1.54) is 19.5 Å². The number of hydrogen-bond donors (Lipinski definition) is 6. The number of rotatable bonds is 10. The molecule has 1 saturated carbocycles. The molecule has 0 bridgehead atoms. The van der Waals surface area contributed by atoms with E-state index in [-0.39, 0.29) is 25.1 Å². The smallest absolute Gasteiger partial charge is 0.252 e. The summed E-state index contributed by atoms with van der Waals surface area (Å²) in [4.78, 5) is 37.4. The Morgan fingerprint density at radius 3 is 2.05 bits per heavy atom. The largest absolute Gasteiger partial charge is 0.396 e. The van der Waals surface area contributed by atoms with Crippen molar-refractivity contribution in [1.29, 1.82) is 0 Å². The molecule has 5 atom stereocenters. The molecule has 0 aromatic heterocycles. The van der Waals surface area contributed by atoms with Crippen LogP contribution in [0.2, 0.25) is 0 Å². The summed E-state index contributed by atoms with van der Waals surface area (Å²) >= 11 is 0. The predicted molar refractivity (Wildman–Crippen MR) is 147 cm³/mol. The average molecular weight is 531 g/mol. The monoisotopic (exact) mass is 530 g/mol. The molecule has 1 aliphatic carbocycles. The highest BCUT2D eigenvalue weighted by molar-refractivity contribution is 5.98.